The SMILES string of the molecule is CN1CCCN(C(=O)c2cccc(Cl)c2Cl)c2nc3ccccc3nc21. The van der Waals surface area contributed by atoms with E-state index < -0.39 is 0 Å². The van der Waals surface area contributed by atoms with Crippen molar-refractivity contribution < 1.29 is 4.79 Å². The normalized spacial score (nSPS) is 14.3. The summed E-state index contributed by atoms with van der Waals surface area (Å²) in [5.74, 6) is 1.01. The first-order valence-corrected chi connectivity index (χ1v) is 9.05. The van der Waals surface area contributed by atoms with Crippen LogP contribution in [0, 0.1) is 0 Å². The number of rotatable bonds is 1. The lowest BCUT2D eigenvalue weighted by Crippen LogP contribution is -2.32. The van der Waals surface area contributed by atoms with Crippen molar-refractivity contribution >= 4 is 51.8 Å². The number of halogens is 2. The minimum absolute atomic E-state index is 0.223. The van der Waals surface area contributed by atoms with Crippen molar-refractivity contribution in [1.82, 2.24) is 9.97 Å². The number of hydrogen-bond donors (Lipinski definition) is 0. The first-order valence-electron chi connectivity index (χ1n) is 8.30. The Labute approximate surface area is 161 Å². The van der Waals surface area contributed by atoms with E-state index in [1.807, 2.05) is 36.2 Å². The van der Waals surface area contributed by atoms with Crippen LogP contribution >= 0.6 is 23.2 Å². The van der Waals surface area contributed by atoms with Crippen molar-refractivity contribution in [2.75, 3.05) is 29.9 Å². The van der Waals surface area contributed by atoms with Gasteiger partial charge in [-0.25, -0.2) is 9.97 Å². The number of carbonyl (C=O) groups excluding carboxylic acids is 1. The second-order valence-electron chi connectivity index (χ2n) is 6.19. The zero-order valence-electron chi connectivity index (χ0n) is 14.1. The van der Waals surface area contributed by atoms with E-state index >= 15 is 0 Å². The van der Waals surface area contributed by atoms with Gasteiger partial charge in [-0.3, -0.25) is 9.69 Å². The second-order valence-corrected chi connectivity index (χ2v) is 6.98. The predicted octanol–water partition coefficient (Wildman–Crippen LogP) is 4.42. The molecule has 0 saturated carbocycles. The van der Waals surface area contributed by atoms with E-state index in [0.717, 1.165) is 24.0 Å². The highest BCUT2D eigenvalue weighted by atomic mass is 35.5. The zero-order valence-corrected chi connectivity index (χ0v) is 15.6. The summed E-state index contributed by atoms with van der Waals surface area (Å²) in [4.78, 5) is 26.4. The number of hydrogen-bond acceptors (Lipinski definition) is 4. The van der Waals surface area contributed by atoms with Crippen molar-refractivity contribution in [2.24, 2.45) is 0 Å². The molecular weight excluding hydrogens is 371 g/mol. The first-order chi connectivity index (χ1) is 12.6. The molecule has 0 fully saturated rings. The number of benzene rings is 2. The monoisotopic (exact) mass is 386 g/mol. The lowest BCUT2D eigenvalue weighted by atomic mass is 10.2. The molecule has 1 aliphatic rings. The van der Waals surface area contributed by atoms with E-state index in [1.54, 1.807) is 23.1 Å². The van der Waals surface area contributed by atoms with Gasteiger partial charge in [0.15, 0.2) is 11.6 Å². The molecule has 0 unspecified atom stereocenters. The van der Waals surface area contributed by atoms with Gasteiger partial charge in [-0.2, -0.15) is 0 Å². The minimum Gasteiger partial charge on any atom is -0.357 e. The highest BCUT2D eigenvalue weighted by Crippen LogP contribution is 2.33. The standard InChI is InChI=1S/C19H16Cl2N4O/c1-24-10-5-11-25(19(26)12-6-4-7-13(20)16(12)21)18-17(24)22-14-8-2-3-9-15(14)23-18/h2-4,6-9H,5,10-11H2,1H3. The smallest absolute Gasteiger partial charge is 0.261 e. The van der Waals surface area contributed by atoms with Crippen molar-refractivity contribution in [3.05, 3.63) is 58.1 Å². The summed E-state index contributed by atoms with van der Waals surface area (Å²) in [5, 5.41) is 0.612. The van der Waals surface area contributed by atoms with Gasteiger partial charge in [-0.1, -0.05) is 41.4 Å². The molecule has 0 aliphatic carbocycles. The van der Waals surface area contributed by atoms with Crippen LogP contribution in [0.1, 0.15) is 16.8 Å². The summed E-state index contributed by atoms with van der Waals surface area (Å²) in [5.41, 5.74) is 1.91. The average molecular weight is 387 g/mol. The molecule has 5 nitrogen and oxygen atoms in total. The first kappa shape index (κ1) is 17.1. The van der Waals surface area contributed by atoms with Crippen LogP contribution in [0.4, 0.5) is 11.6 Å². The molecule has 0 radical (unpaired) electrons. The molecule has 2 aromatic carbocycles. The van der Waals surface area contributed by atoms with Gasteiger partial charge in [0.25, 0.3) is 5.91 Å². The molecule has 26 heavy (non-hydrogen) atoms. The molecule has 0 saturated heterocycles. The Morgan fingerprint density at radius 2 is 1.65 bits per heavy atom. The van der Waals surface area contributed by atoms with Gasteiger partial charge in [0, 0.05) is 20.1 Å². The fraction of sp³-hybridized carbons (Fsp3) is 0.211. The van der Waals surface area contributed by atoms with Crippen molar-refractivity contribution in [3.8, 4) is 0 Å². The van der Waals surface area contributed by atoms with Crippen LogP contribution < -0.4 is 9.80 Å². The third-order valence-corrected chi connectivity index (χ3v) is 5.27. The number of amides is 1. The molecule has 1 amide bonds. The number of para-hydroxylation sites is 2. The Bertz CT molecular complexity index is 1010. The van der Waals surface area contributed by atoms with E-state index in [2.05, 4.69) is 0 Å². The maximum Gasteiger partial charge on any atom is 0.261 e. The lowest BCUT2D eigenvalue weighted by molar-refractivity contribution is 0.0986. The van der Waals surface area contributed by atoms with Gasteiger partial charge in [0.05, 0.1) is 26.6 Å². The maximum absolute atomic E-state index is 13.2. The highest BCUT2D eigenvalue weighted by Gasteiger charge is 2.28. The number of fused-ring (bicyclic) bond motifs is 2. The number of carbonyl (C=O) groups is 1. The van der Waals surface area contributed by atoms with Gasteiger partial charge in [-0.05, 0) is 30.7 Å². The van der Waals surface area contributed by atoms with Crippen molar-refractivity contribution in [1.29, 1.82) is 0 Å². The van der Waals surface area contributed by atoms with Gasteiger partial charge in [0.2, 0.25) is 0 Å². The summed E-state index contributed by atoms with van der Waals surface area (Å²) < 4.78 is 0. The molecular formula is C19H16Cl2N4O. The Morgan fingerprint density at radius 1 is 0.962 bits per heavy atom. The largest absolute Gasteiger partial charge is 0.357 e. The Kier molecular flexibility index (Phi) is 4.42. The molecule has 0 N–H and O–H groups in total. The summed E-state index contributed by atoms with van der Waals surface area (Å²) >= 11 is 12.4. The van der Waals surface area contributed by atoms with Crippen molar-refractivity contribution in [2.45, 2.75) is 6.42 Å². The van der Waals surface area contributed by atoms with Gasteiger partial charge in [-0.15, -0.1) is 0 Å². The quantitative estimate of drug-likeness (QED) is 0.620. The molecule has 4 rings (SSSR count). The molecule has 0 atom stereocenters. The summed E-state index contributed by atoms with van der Waals surface area (Å²) in [7, 11) is 1.96. The third-order valence-electron chi connectivity index (χ3n) is 4.45. The topological polar surface area (TPSA) is 49.3 Å². The highest BCUT2D eigenvalue weighted by molar-refractivity contribution is 6.44. The zero-order chi connectivity index (χ0) is 18.3. The van der Waals surface area contributed by atoms with Crippen LogP contribution in [0.2, 0.25) is 10.0 Å². The van der Waals surface area contributed by atoms with Gasteiger partial charge < -0.3 is 4.90 Å². The van der Waals surface area contributed by atoms with Crippen LogP contribution in [0.5, 0.6) is 0 Å². The number of nitrogens with zero attached hydrogens (tertiary/aromatic N) is 4. The molecule has 0 spiro atoms. The molecule has 7 heteroatoms. The van der Waals surface area contributed by atoms with E-state index in [9.17, 15) is 4.79 Å². The van der Waals surface area contributed by atoms with Crippen LogP contribution in [0.25, 0.3) is 11.0 Å². The third kappa shape index (κ3) is 2.87. The predicted molar refractivity (Wildman–Crippen MR) is 106 cm³/mol. The second kappa shape index (κ2) is 6.74. The fourth-order valence-electron chi connectivity index (χ4n) is 3.11. The van der Waals surface area contributed by atoms with E-state index in [-0.39, 0.29) is 10.9 Å². The Hall–Kier alpha value is -2.37. The average Bonchev–Trinajstić information content (AvgIpc) is 2.81. The van der Waals surface area contributed by atoms with E-state index in [4.69, 9.17) is 33.2 Å². The molecule has 0 bridgehead atoms. The molecule has 3 aromatic rings. The number of aromatic nitrogens is 2. The molecule has 2 heterocycles. The van der Waals surface area contributed by atoms with Gasteiger partial charge >= 0.3 is 0 Å². The summed E-state index contributed by atoms with van der Waals surface area (Å²) in [6.45, 7) is 1.32. The molecule has 1 aliphatic heterocycles. The molecule has 1 aromatic heterocycles. The number of anilines is 2. The van der Waals surface area contributed by atoms with Crippen LogP contribution in [0.3, 0.4) is 0 Å². The summed E-state index contributed by atoms with van der Waals surface area (Å²) in [6, 6.07) is 12.7. The maximum atomic E-state index is 13.2. The van der Waals surface area contributed by atoms with Crippen LogP contribution in [-0.2, 0) is 0 Å². The van der Waals surface area contributed by atoms with Crippen molar-refractivity contribution in [3.63, 3.8) is 0 Å². The Morgan fingerprint density at radius 3 is 2.38 bits per heavy atom. The lowest BCUT2D eigenvalue weighted by Gasteiger charge is -2.23. The van der Waals surface area contributed by atoms with E-state index in [1.165, 1.54) is 0 Å². The Balaban J connectivity index is 1.87. The van der Waals surface area contributed by atoms with Crippen LogP contribution in [0.15, 0.2) is 42.5 Å². The fourth-order valence-corrected chi connectivity index (χ4v) is 3.49. The van der Waals surface area contributed by atoms with Gasteiger partial charge in [0.1, 0.15) is 0 Å². The van der Waals surface area contributed by atoms with Crippen LogP contribution in [-0.4, -0.2) is 36.0 Å². The molecule has 132 valence electrons. The minimum atomic E-state index is -0.223. The van der Waals surface area contributed by atoms with E-state index in [0.29, 0.717) is 28.8 Å². The summed E-state index contributed by atoms with van der Waals surface area (Å²) in [6.07, 6.45) is 0.800.